The Morgan fingerprint density at radius 2 is 1.75 bits per heavy atom. The van der Waals surface area contributed by atoms with Crippen molar-refractivity contribution in [3.8, 4) is 0 Å². The van der Waals surface area contributed by atoms with Gasteiger partial charge in [-0.3, -0.25) is 9.79 Å². The highest BCUT2D eigenvalue weighted by atomic mass is 32.2. The number of carbonyl (C=O) groups is 1. The number of furan rings is 1. The van der Waals surface area contributed by atoms with Gasteiger partial charge in [0, 0.05) is 46.0 Å². The van der Waals surface area contributed by atoms with Crippen molar-refractivity contribution >= 4 is 21.7 Å². The Bertz CT molecular complexity index is 929. The van der Waals surface area contributed by atoms with Gasteiger partial charge in [0.05, 0.1) is 11.2 Å². The summed E-state index contributed by atoms with van der Waals surface area (Å²) in [6.45, 7) is 3.03. The Labute approximate surface area is 164 Å². The van der Waals surface area contributed by atoms with Crippen molar-refractivity contribution in [2.24, 2.45) is 4.99 Å². The van der Waals surface area contributed by atoms with Gasteiger partial charge in [-0.05, 0) is 29.8 Å². The lowest BCUT2D eigenvalue weighted by molar-refractivity contribution is 0.0657. The van der Waals surface area contributed by atoms with E-state index in [0.717, 1.165) is 11.5 Å². The first-order valence-electron chi connectivity index (χ1n) is 8.96. The molecular formula is C19H24N4O4S. The zero-order valence-corrected chi connectivity index (χ0v) is 16.8. The van der Waals surface area contributed by atoms with Gasteiger partial charge in [0.25, 0.3) is 5.91 Å². The van der Waals surface area contributed by atoms with Crippen LogP contribution >= 0.6 is 0 Å². The highest BCUT2D eigenvalue weighted by molar-refractivity contribution is 7.90. The van der Waals surface area contributed by atoms with Crippen molar-refractivity contribution in [1.82, 2.24) is 15.1 Å². The van der Waals surface area contributed by atoms with E-state index in [9.17, 15) is 13.2 Å². The summed E-state index contributed by atoms with van der Waals surface area (Å²) in [6, 6.07) is 10.2. The van der Waals surface area contributed by atoms with Crippen LogP contribution in [-0.4, -0.2) is 69.6 Å². The van der Waals surface area contributed by atoms with E-state index < -0.39 is 9.84 Å². The molecule has 0 atom stereocenters. The number of rotatable bonds is 4. The zero-order valence-electron chi connectivity index (χ0n) is 16.0. The molecule has 1 aliphatic rings. The van der Waals surface area contributed by atoms with Crippen molar-refractivity contribution in [3.05, 3.63) is 54.0 Å². The fraction of sp³-hybridized carbons (Fsp3) is 0.368. The van der Waals surface area contributed by atoms with Crippen molar-refractivity contribution in [2.75, 3.05) is 39.5 Å². The molecule has 0 unspecified atom stereocenters. The van der Waals surface area contributed by atoms with Gasteiger partial charge in [0.1, 0.15) is 0 Å². The lowest BCUT2D eigenvalue weighted by Crippen LogP contribution is -2.53. The molecule has 0 radical (unpaired) electrons. The number of carbonyl (C=O) groups excluding carboxylic acids is 1. The molecule has 1 N–H and O–H groups in total. The number of nitrogens with one attached hydrogen (secondary N) is 1. The van der Waals surface area contributed by atoms with Crippen LogP contribution in [0.3, 0.4) is 0 Å². The van der Waals surface area contributed by atoms with Gasteiger partial charge < -0.3 is 19.5 Å². The second-order valence-electron chi connectivity index (χ2n) is 6.57. The molecule has 2 aromatic rings. The largest absolute Gasteiger partial charge is 0.459 e. The molecule has 0 spiro atoms. The van der Waals surface area contributed by atoms with E-state index in [-0.39, 0.29) is 5.91 Å². The van der Waals surface area contributed by atoms with Crippen LogP contribution in [0.15, 0.2) is 57.0 Å². The zero-order chi connectivity index (χ0) is 20.1. The molecule has 1 fully saturated rings. The van der Waals surface area contributed by atoms with Crippen LogP contribution in [0.1, 0.15) is 16.1 Å². The highest BCUT2D eigenvalue weighted by Crippen LogP contribution is 2.12. The first-order valence-corrected chi connectivity index (χ1v) is 10.8. The fourth-order valence-electron chi connectivity index (χ4n) is 3.05. The topological polar surface area (TPSA) is 95.2 Å². The molecule has 0 saturated carbocycles. The second-order valence-corrected chi connectivity index (χ2v) is 8.59. The van der Waals surface area contributed by atoms with E-state index in [2.05, 4.69) is 15.2 Å². The number of piperazine rings is 1. The molecule has 0 bridgehead atoms. The molecule has 28 heavy (non-hydrogen) atoms. The Morgan fingerprint density at radius 1 is 1.11 bits per heavy atom. The smallest absolute Gasteiger partial charge is 0.289 e. The Hall–Kier alpha value is -2.81. The molecular weight excluding hydrogens is 380 g/mol. The summed E-state index contributed by atoms with van der Waals surface area (Å²) in [7, 11) is -1.47. The van der Waals surface area contributed by atoms with E-state index >= 15 is 0 Å². The van der Waals surface area contributed by atoms with Gasteiger partial charge in [-0.1, -0.05) is 12.1 Å². The average molecular weight is 404 g/mol. The van der Waals surface area contributed by atoms with E-state index in [1.165, 1.54) is 12.5 Å². The molecule has 9 heteroatoms. The number of hydrogen-bond acceptors (Lipinski definition) is 5. The quantitative estimate of drug-likeness (QED) is 0.608. The number of guanidine groups is 1. The van der Waals surface area contributed by atoms with Crippen LogP contribution in [0.2, 0.25) is 0 Å². The van der Waals surface area contributed by atoms with Crippen LogP contribution in [0.4, 0.5) is 0 Å². The maximum Gasteiger partial charge on any atom is 0.289 e. The van der Waals surface area contributed by atoms with E-state index in [1.54, 1.807) is 48.3 Å². The minimum Gasteiger partial charge on any atom is -0.459 e. The minimum absolute atomic E-state index is 0.0986. The highest BCUT2D eigenvalue weighted by Gasteiger charge is 2.25. The van der Waals surface area contributed by atoms with Crippen LogP contribution in [-0.2, 0) is 16.4 Å². The van der Waals surface area contributed by atoms with Crippen LogP contribution in [0, 0.1) is 0 Å². The molecule has 1 aliphatic heterocycles. The maximum absolute atomic E-state index is 12.3. The van der Waals surface area contributed by atoms with Crippen molar-refractivity contribution in [2.45, 2.75) is 11.4 Å². The number of amides is 1. The lowest BCUT2D eigenvalue weighted by atomic mass is 10.2. The summed E-state index contributed by atoms with van der Waals surface area (Å²) < 4.78 is 28.3. The molecule has 3 rings (SSSR count). The third kappa shape index (κ3) is 4.72. The van der Waals surface area contributed by atoms with Crippen molar-refractivity contribution in [1.29, 1.82) is 0 Å². The maximum atomic E-state index is 12.3. The summed E-state index contributed by atoms with van der Waals surface area (Å²) in [5, 5.41) is 3.29. The molecule has 1 amide bonds. The predicted molar refractivity (Wildman–Crippen MR) is 106 cm³/mol. The summed E-state index contributed by atoms with van der Waals surface area (Å²) in [5.74, 6) is 1.00. The van der Waals surface area contributed by atoms with E-state index in [4.69, 9.17) is 4.42 Å². The number of benzene rings is 1. The molecule has 1 saturated heterocycles. The van der Waals surface area contributed by atoms with Crippen molar-refractivity contribution in [3.63, 3.8) is 0 Å². The summed E-state index contributed by atoms with van der Waals surface area (Å²) >= 11 is 0. The molecule has 150 valence electrons. The molecule has 2 heterocycles. The first kappa shape index (κ1) is 19.9. The standard InChI is InChI=1S/C19H24N4O4S/c1-20-19(21-14-15-5-7-16(8-6-15)28(2,25)26)23-11-9-22(10-12-23)18(24)17-4-3-13-27-17/h3-8,13H,9-12,14H2,1-2H3,(H,20,21). The second kappa shape index (κ2) is 8.47. The number of sulfone groups is 1. The number of hydrogen-bond donors (Lipinski definition) is 1. The predicted octanol–water partition coefficient (Wildman–Crippen LogP) is 1.22. The molecule has 0 aliphatic carbocycles. The molecule has 8 nitrogen and oxygen atoms in total. The Balaban J connectivity index is 1.53. The van der Waals surface area contributed by atoms with Gasteiger partial charge in [-0.25, -0.2) is 8.42 Å². The summed E-state index contributed by atoms with van der Waals surface area (Å²) in [6.07, 6.45) is 2.69. The monoisotopic (exact) mass is 404 g/mol. The van der Waals surface area contributed by atoms with Crippen LogP contribution in [0.5, 0.6) is 0 Å². The van der Waals surface area contributed by atoms with Crippen LogP contribution < -0.4 is 5.32 Å². The van der Waals surface area contributed by atoms with Gasteiger partial charge in [-0.15, -0.1) is 0 Å². The van der Waals surface area contributed by atoms with Gasteiger partial charge >= 0.3 is 0 Å². The Kier molecular flexibility index (Phi) is 6.03. The number of aliphatic imine (C=N–C) groups is 1. The summed E-state index contributed by atoms with van der Waals surface area (Å²) in [4.78, 5) is 20.8. The van der Waals surface area contributed by atoms with Gasteiger partial charge in [-0.2, -0.15) is 0 Å². The lowest BCUT2D eigenvalue weighted by Gasteiger charge is -2.36. The third-order valence-corrected chi connectivity index (χ3v) is 5.74. The third-order valence-electron chi connectivity index (χ3n) is 4.61. The molecule has 1 aromatic carbocycles. The summed E-state index contributed by atoms with van der Waals surface area (Å²) in [5.41, 5.74) is 0.959. The van der Waals surface area contributed by atoms with Crippen LogP contribution in [0.25, 0.3) is 0 Å². The number of nitrogens with zero attached hydrogens (tertiary/aromatic N) is 3. The normalized spacial score (nSPS) is 15.6. The molecule has 1 aromatic heterocycles. The van der Waals surface area contributed by atoms with E-state index in [0.29, 0.717) is 43.4 Å². The average Bonchev–Trinajstić information content (AvgIpc) is 3.23. The Morgan fingerprint density at radius 3 is 2.29 bits per heavy atom. The van der Waals surface area contributed by atoms with Gasteiger partial charge in [0.2, 0.25) is 0 Å². The SMILES string of the molecule is CN=C(NCc1ccc(S(C)(=O)=O)cc1)N1CCN(C(=O)c2ccco2)CC1. The van der Waals surface area contributed by atoms with Gasteiger partial charge in [0.15, 0.2) is 21.6 Å². The van der Waals surface area contributed by atoms with Crippen molar-refractivity contribution < 1.29 is 17.6 Å². The first-order chi connectivity index (χ1) is 13.4. The fourth-order valence-corrected chi connectivity index (χ4v) is 3.68. The van der Waals surface area contributed by atoms with E-state index in [1.807, 2.05) is 0 Å². The minimum atomic E-state index is -3.19.